The van der Waals surface area contributed by atoms with Crippen molar-refractivity contribution in [2.24, 2.45) is 0 Å². The molecule has 0 aromatic heterocycles. The molecule has 0 bridgehead atoms. The first-order valence-electron chi connectivity index (χ1n) is 4.98. The van der Waals surface area contributed by atoms with Gasteiger partial charge in [-0.15, -0.1) is 0 Å². The zero-order valence-electron chi connectivity index (χ0n) is 9.32. The Balaban J connectivity index is 2.70. The molecule has 0 fully saturated rings. The van der Waals surface area contributed by atoms with Crippen molar-refractivity contribution in [3.63, 3.8) is 0 Å². The molecule has 0 amide bonds. The van der Waals surface area contributed by atoms with Crippen LogP contribution >= 0.6 is 22.6 Å². The second-order valence-corrected chi connectivity index (χ2v) is 5.53. The molecule has 0 saturated heterocycles. The van der Waals surface area contributed by atoms with Crippen LogP contribution in [0.5, 0.6) is 11.5 Å². The molecule has 1 heterocycles. The van der Waals surface area contributed by atoms with Gasteiger partial charge in [0, 0.05) is 3.57 Å². The Morgan fingerprint density at radius 1 is 1.41 bits per heavy atom. The number of phenols is 1. The third-order valence-electron chi connectivity index (χ3n) is 2.66. The van der Waals surface area contributed by atoms with E-state index in [4.69, 9.17) is 9.84 Å². The number of aliphatic hydroxyl groups is 1. The topological polar surface area (TPSA) is 66.8 Å². The van der Waals surface area contributed by atoms with Crippen LogP contribution in [0.2, 0.25) is 0 Å². The summed E-state index contributed by atoms with van der Waals surface area (Å²) in [5.41, 5.74) is -0.679. The van der Waals surface area contributed by atoms with Gasteiger partial charge in [-0.1, -0.05) is 0 Å². The summed E-state index contributed by atoms with van der Waals surface area (Å²) in [5.74, 6) is -0.200. The second kappa shape index (κ2) is 3.90. The maximum Gasteiger partial charge on any atom is 0.203 e. The molecule has 0 unspecified atom stereocenters. The summed E-state index contributed by atoms with van der Waals surface area (Å²) in [6.45, 7) is 3.37. The molecule has 1 aromatic carbocycles. The molecule has 0 saturated carbocycles. The minimum atomic E-state index is -0.907. The molecule has 2 N–H and O–H groups in total. The van der Waals surface area contributed by atoms with Gasteiger partial charge >= 0.3 is 0 Å². The number of fused-ring (bicyclic) bond motifs is 1. The average molecular weight is 346 g/mol. The van der Waals surface area contributed by atoms with E-state index < -0.39 is 11.4 Å². The molecule has 0 atom stereocenters. The number of aliphatic hydroxyl groups excluding tert-OH is 1. The number of hydrogen-bond donors (Lipinski definition) is 2. The van der Waals surface area contributed by atoms with E-state index in [0.717, 1.165) is 9.83 Å². The normalized spacial score (nSPS) is 19.9. The number of ketones is 1. The monoisotopic (exact) mass is 346 g/mol. The van der Waals surface area contributed by atoms with Crippen molar-refractivity contribution < 1.29 is 19.7 Å². The summed E-state index contributed by atoms with van der Waals surface area (Å²) < 4.78 is 6.42. The van der Waals surface area contributed by atoms with Crippen LogP contribution in [0.3, 0.4) is 0 Å². The number of aromatic hydroxyl groups is 1. The van der Waals surface area contributed by atoms with Crippen LogP contribution in [0.15, 0.2) is 24.0 Å². The first kappa shape index (κ1) is 12.2. The van der Waals surface area contributed by atoms with E-state index in [0.29, 0.717) is 5.75 Å². The van der Waals surface area contributed by atoms with Gasteiger partial charge in [-0.3, -0.25) is 4.79 Å². The van der Waals surface area contributed by atoms with Crippen LogP contribution in [0, 0.1) is 3.57 Å². The lowest BCUT2D eigenvalue weighted by Gasteiger charge is -2.33. The van der Waals surface area contributed by atoms with Gasteiger partial charge in [0.2, 0.25) is 5.78 Å². The lowest BCUT2D eigenvalue weighted by molar-refractivity contribution is 0.0838. The van der Waals surface area contributed by atoms with E-state index in [1.807, 2.05) is 22.6 Å². The highest BCUT2D eigenvalue weighted by molar-refractivity contribution is 14.1. The predicted octanol–water partition coefficient (Wildman–Crippen LogP) is 2.79. The maximum atomic E-state index is 12.1. The summed E-state index contributed by atoms with van der Waals surface area (Å²) >= 11 is 2.03. The Labute approximate surface area is 112 Å². The molecular weight excluding hydrogens is 335 g/mol. The third kappa shape index (κ3) is 1.88. The highest BCUT2D eigenvalue weighted by Crippen LogP contribution is 2.41. The molecule has 0 aliphatic carbocycles. The summed E-state index contributed by atoms with van der Waals surface area (Å²) in [6, 6.07) is 3.16. The van der Waals surface area contributed by atoms with E-state index in [1.165, 1.54) is 6.07 Å². The first-order valence-corrected chi connectivity index (χ1v) is 6.06. The minimum Gasteiger partial charge on any atom is -0.515 e. The van der Waals surface area contributed by atoms with Crippen LogP contribution in [0.1, 0.15) is 24.2 Å². The van der Waals surface area contributed by atoms with E-state index in [2.05, 4.69) is 0 Å². The second-order valence-electron chi connectivity index (χ2n) is 4.28. The maximum absolute atomic E-state index is 12.1. The summed E-state index contributed by atoms with van der Waals surface area (Å²) in [5, 5.41) is 18.9. The highest BCUT2D eigenvalue weighted by Gasteiger charge is 2.40. The fourth-order valence-electron chi connectivity index (χ4n) is 1.83. The zero-order chi connectivity index (χ0) is 12.8. The first-order chi connectivity index (χ1) is 7.86. The lowest BCUT2D eigenvalue weighted by atomic mass is 9.87. The average Bonchev–Trinajstić information content (AvgIpc) is 2.14. The summed E-state index contributed by atoms with van der Waals surface area (Å²) in [6.07, 6.45) is 0.739. The molecule has 17 heavy (non-hydrogen) atoms. The number of halogens is 1. The standard InChI is InChI=1S/C12H11IO4/c1-12(2)7(5-14)11(16)10-8(15)3-6(13)4-9(10)17-12/h3-5,14-15H,1-2H3/b7-5+. The molecule has 0 spiro atoms. The number of hydrogen-bond acceptors (Lipinski definition) is 4. The van der Waals surface area contributed by atoms with Gasteiger partial charge in [-0.25, -0.2) is 0 Å². The number of carbonyl (C=O) groups excluding carboxylic acids is 1. The Morgan fingerprint density at radius 2 is 2.06 bits per heavy atom. The Kier molecular flexibility index (Phi) is 2.81. The van der Waals surface area contributed by atoms with Crippen LogP contribution in [-0.4, -0.2) is 21.6 Å². The van der Waals surface area contributed by atoms with Crippen molar-refractivity contribution in [1.29, 1.82) is 0 Å². The Morgan fingerprint density at radius 3 is 2.65 bits per heavy atom. The quantitative estimate of drug-likeness (QED) is 0.431. The molecule has 0 radical (unpaired) electrons. The van der Waals surface area contributed by atoms with Gasteiger partial charge in [0.05, 0.1) is 11.8 Å². The number of Topliss-reactive ketones (excluding diaryl/α,β-unsaturated/α-hetero) is 1. The number of phenolic OH excluding ortho intramolecular Hbond substituents is 1. The molecule has 2 rings (SSSR count). The van der Waals surface area contributed by atoms with Crippen LogP contribution in [0.4, 0.5) is 0 Å². The minimum absolute atomic E-state index is 0.102. The SMILES string of the molecule is CC1(C)Oc2cc(I)cc(O)c2C(=O)/C1=C\O. The largest absolute Gasteiger partial charge is 0.515 e. The van der Waals surface area contributed by atoms with Crippen molar-refractivity contribution in [1.82, 2.24) is 0 Å². The number of benzene rings is 1. The Hall–Kier alpha value is -1.24. The van der Waals surface area contributed by atoms with E-state index >= 15 is 0 Å². The van der Waals surface area contributed by atoms with E-state index in [9.17, 15) is 9.90 Å². The van der Waals surface area contributed by atoms with Crippen molar-refractivity contribution >= 4 is 28.4 Å². The molecule has 4 nitrogen and oxygen atoms in total. The summed E-state index contributed by atoms with van der Waals surface area (Å²) in [4.78, 5) is 12.1. The molecule has 90 valence electrons. The van der Waals surface area contributed by atoms with Gasteiger partial charge in [-0.2, -0.15) is 0 Å². The molecule has 1 aromatic rings. The lowest BCUT2D eigenvalue weighted by Crippen LogP contribution is -2.39. The van der Waals surface area contributed by atoms with Crippen LogP contribution < -0.4 is 4.74 Å². The number of ether oxygens (including phenoxy) is 1. The van der Waals surface area contributed by atoms with Gasteiger partial charge in [-0.05, 0) is 48.6 Å². The molecular formula is C12H11IO4. The van der Waals surface area contributed by atoms with Crippen LogP contribution in [0.25, 0.3) is 0 Å². The molecule has 5 heteroatoms. The fraction of sp³-hybridized carbons (Fsp3) is 0.250. The van der Waals surface area contributed by atoms with Crippen molar-refractivity contribution in [3.05, 3.63) is 33.1 Å². The van der Waals surface area contributed by atoms with Crippen LogP contribution in [-0.2, 0) is 0 Å². The smallest absolute Gasteiger partial charge is 0.203 e. The fourth-order valence-corrected chi connectivity index (χ4v) is 2.41. The van der Waals surface area contributed by atoms with E-state index in [-0.39, 0.29) is 16.9 Å². The summed E-state index contributed by atoms with van der Waals surface area (Å²) in [7, 11) is 0. The van der Waals surface area contributed by atoms with Gasteiger partial charge in [0.25, 0.3) is 0 Å². The van der Waals surface area contributed by atoms with E-state index in [1.54, 1.807) is 19.9 Å². The zero-order valence-corrected chi connectivity index (χ0v) is 11.5. The van der Waals surface area contributed by atoms with Gasteiger partial charge in [0.15, 0.2) is 0 Å². The highest BCUT2D eigenvalue weighted by atomic mass is 127. The van der Waals surface area contributed by atoms with Crippen molar-refractivity contribution in [3.8, 4) is 11.5 Å². The predicted molar refractivity (Wildman–Crippen MR) is 70.6 cm³/mol. The van der Waals surface area contributed by atoms with Crippen molar-refractivity contribution in [2.45, 2.75) is 19.4 Å². The number of rotatable bonds is 0. The van der Waals surface area contributed by atoms with Gasteiger partial charge < -0.3 is 14.9 Å². The molecule has 1 aliphatic rings. The molecule has 1 aliphatic heterocycles. The Bertz CT molecular complexity index is 532. The number of carbonyl (C=O) groups is 1. The van der Waals surface area contributed by atoms with Gasteiger partial charge in [0.1, 0.15) is 22.7 Å². The van der Waals surface area contributed by atoms with Crippen molar-refractivity contribution in [2.75, 3.05) is 0 Å². The third-order valence-corrected chi connectivity index (χ3v) is 3.28.